The third-order valence-electron chi connectivity index (χ3n) is 5.68. The first-order valence-corrected chi connectivity index (χ1v) is 9.72. The van der Waals surface area contributed by atoms with Gasteiger partial charge < -0.3 is 19.9 Å². The Morgan fingerprint density at radius 1 is 1.33 bits per heavy atom. The van der Waals surface area contributed by atoms with Gasteiger partial charge in [-0.05, 0) is 31.4 Å². The number of pyridine rings is 1. The molecular weight excluding hydrogens is 396 g/mol. The minimum absolute atomic E-state index is 0.102. The lowest BCUT2D eigenvalue weighted by atomic mass is 10.0. The summed E-state index contributed by atoms with van der Waals surface area (Å²) in [6.45, 7) is 2.00. The number of nitrogens with one attached hydrogen (secondary N) is 1. The highest BCUT2D eigenvalue weighted by Crippen LogP contribution is 2.33. The molecule has 30 heavy (non-hydrogen) atoms. The summed E-state index contributed by atoms with van der Waals surface area (Å²) in [7, 11) is 0. The lowest BCUT2D eigenvalue weighted by molar-refractivity contribution is 0.0645. The molecule has 1 aromatic heterocycles. The van der Waals surface area contributed by atoms with Crippen LogP contribution in [0.5, 0.6) is 5.75 Å². The predicted octanol–water partition coefficient (Wildman–Crippen LogP) is 2.06. The minimum atomic E-state index is -1.29. The Balaban J connectivity index is 1.68. The van der Waals surface area contributed by atoms with E-state index in [2.05, 4.69) is 5.32 Å². The molecule has 3 heterocycles. The van der Waals surface area contributed by atoms with E-state index in [0.29, 0.717) is 13.0 Å². The van der Waals surface area contributed by atoms with Crippen LogP contribution in [0.15, 0.2) is 29.2 Å². The Kier molecular flexibility index (Phi) is 5.05. The van der Waals surface area contributed by atoms with E-state index in [1.165, 1.54) is 21.6 Å². The maximum absolute atomic E-state index is 14.7. The second kappa shape index (κ2) is 7.55. The van der Waals surface area contributed by atoms with Crippen molar-refractivity contribution in [2.75, 3.05) is 13.1 Å². The lowest BCUT2D eigenvalue weighted by Crippen LogP contribution is -2.46. The van der Waals surface area contributed by atoms with Crippen LogP contribution in [0.2, 0.25) is 0 Å². The molecule has 0 saturated carbocycles. The fraction of sp³-hybridized carbons (Fsp3) is 0.381. The molecule has 1 fully saturated rings. The summed E-state index contributed by atoms with van der Waals surface area (Å²) in [4.78, 5) is 39.3. The maximum atomic E-state index is 14.7. The van der Waals surface area contributed by atoms with E-state index in [4.69, 9.17) is 0 Å². The van der Waals surface area contributed by atoms with Crippen molar-refractivity contribution in [3.8, 4) is 5.75 Å². The SMILES string of the molecule is Cc1ccc(CNC(=O)c2cn3c(c(O)c2=O)C(=O)N2CCC[C@@H](F)[C@@H]3C2)c(F)c1. The minimum Gasteiger partial charge on any atom is -0.503 e. The van der Waals surface area contributed by atoms with Gasteiger partial charge in [-0.3, -0.25) is 14.4 Å². The fourth-order valence-electron chi connectivity index (χ4n) is 4.02. The maximum Gasteiger partial charge on any atom is 0.274 e. The van der Waals surface area contributed by atoms with Crippen molar-refractivity contribution in [1.82, 2.24) is 14.8 Å². The largest absolute Gasteiger partial charge is 0.503 e. The molecule has 2 amide bonds. The van der Waals surface area contributed by atoms with E-state index in [-0.39, 0.29) is 30.8 Å². The molecule has 2 aromatic rings. The number of halogens is 2. The van der Waals surface area contributed by atoms with Crippen molar-refractivity contribution in [2.45, 2.75) is 38.5 Å². The molecule has 0 radical (unpaired) electrons. The Hall–Kier alpha value is -3.23. The van der Waals surface area contributed by atoms with Crippen LogP contribution in [0, 0.1) is 12.7 Å². The molecule has 1 aromatic carbocycles. The first kappa shape index (κ1) is 20.1. The average molecular weight is 417 g/mol. The van der Waals surface area contributed by atoms with E-state index in [1.807, 2.05) is 0 Å². The van der Waals surface area contributed by atoms with Gasteiger partial charge in [0.25, 0.3) is 11.8 Å². The lowest BCUT2D eigenvalue weighted by Gasteiger charge is -2.35. The van der Waals surface area contributed by atoms with Gasteiger partial charge >= 0.3 is 0 Å². The molecule has 1 saturated heterocycles. The molecule has 2 N–H and O–H groups in total. The van der Waals surface area contributed by atoms with Crippen LogP contribution in [0.4, 0.5) is 8.78 Å². The van der Waals surface area contributed by atoms with Gasteiger partial charge in [-0.2, -0.15) is 0 Å². The van der Waals surface area contributed by atoms with E-state index >= 15 is 0 Å². The number of aromatic hydroxyl groups is 1. The molecule has 2 aliphatic heterocycles. The normalized spacial score (nSPS) is 20.5. The highest BCUT2D eigenvalue weighted by Gasteiger charge is 2.40. The highest BCUT2D eigenvalue weighted by molar-refractivity contribution is 5.99. The number of fused-ring (bicyclic) bond motifs is 4. The van der Waals surface area contributed by atoms with Crippen molar-refractivity contribution in [3.63, 3.8) is 0 Å². The van der Waals surface area contributed by atoms with Gasteiger partial charge in [0.15, 0.2) is 11.4 Å². The van der Waals surface area contributed by atoms with Crippen LogP contribution >= 0.6 is 0 Å². The Labute approximate surface area is 170 Å². The first-order valence-electron chi connectivity index (χ1n) is 9.72. The summed E-state index contributed by atoms with van der Waals surface area (Å²) in [6.07, 6.45) is 0.532. The quantitative estimate of drug-likeness (QED) is 0.800. The van der Waals surface area contributed by atoms with Crippen molar-refractivity contribution in [1.29, 1.82) is 0 Å². The summed E-state index contributed by atoms with van der Waals surface area (Å²) in [5.74, 6) is -2.78. The molecule has 4 rings (SSSR count). The number of hydrogen-bond donors (Lipinski definition) is 2. The average Bonchev–Trinajstić information content (AvgIpc) is 2.87. The Bertz CT molecular complexity index is 1100. The zero-order valence-electron chi connectivity index (χ0n) is 16.3. The zero-order valence-corrected chi connectivity index (χ0v) is 16.3. The number of nitrogens with zero attached hydrogens (tertiary/aromatic N) is 2. The van der Waals surface area contributed by atoms with Crippen LogP contribution in [-0.4, -0.2) is 45.6 Å². The van der Waals surface area contributed by atoms with Crippen molar-refractivity contribution >= 4 is 11.8 Å². The monoisotopic (exact) mass is 417 g/mol. The molecule has 158 valence electrons. The second-order valence-corrected chi connectivity index (χ2v) is 7.73. The number of aryl methyl sites for hydroxylation is 1. The number of amides is 2. The van der Waals surface area contributed by atoms with Crippen molar-refractivity contribution in [2.24, 2.45) is 0 Å². The van der Waals surface area contributed by atoms with Crippen LogP contribution in [0.25, 0.3) is 0 Å². The van der Waals surface area contributed by atoms with E-state index < -0.39 is 46.6 Å². The first-order chi connectivity index (χ1) is 14.3. The second-order valence-electron chi connectivity index (χ2n) is 7.73. The standard InChI is InChI=1S/C21H21F2N3O4/c1-11-4-5-12(15(23)7-11)8-24-20(29)13-9-26-16-10-25(6-2-3-14(16)22)21(30)17(26)19(28)18(13)27/h4-5,7,9,14,16,28H,2-3,6,8,10H2,1H3,(H,24,29)/t14-,16+/m1/s1. The molecule has 2 atom stereocenters. The molecule has 9 heteroatoms. The number of carbonyl (C=O) groups excluding carboxylic acids is 2. The summed E-state index contributed by atoms with van der Waals surface area (Å²) < 4.78 is 29.9. The van der Waals surface area contributed by atoms with Crippen molar-refractivity contribution < 1.29 is 23.5 Å². The molecular formula is C21H21F2N3O4. The van der Waals surface area contributed by atoms with Gasteiger partial charge in [0.05, 0.1) is 6.04 Å². The van der Waals surface area contributed by atoms with Crippen LogP contribution in [0.3, 0.4) is 0 Å². The Morgan fingerprint density at radius 3 is 2.83 bits per heavy atom. The molecule has 0 spiro atoms. The molecule has 2 bridgehead atoms. The van der Waals surface area contributed by atoms with Gasteiger partial charge in [0.2, 0.25) is 5.43 Å². The highest BCUT2D eigenvalue weighted by atomic mass is 19.1. The number of rotatable bonds is 3. The van der Waals surface area contributed by atoms with Crippen LogP contribution in [-0.2, 0) is 6.54 Å². The Morgan fingerprint density at radius 2 is 2.10 bits per heavy atom. The van der Waals surface area contributed by atoms with Gasteiger partial charge in [-0.15, -0.1) is 0 Å². The van der Waals surface area contributed by atoms with Gasteiger partial charge in [-0.1, -0.05) is 12.1 Å². The summed E-state index contributed by atoms with van der Waals surface area (Å²) in [5, 5.41) is 12.8. The topological polar surface area (TPSA) is 91.6 Å². The summed E-state index contributed by atoms with van der Waals surface area (Å²) in [6, 6.07) is 3.74. The molecule has 2 aliphatic rings. The fourth-order valence-corrected chi connectivity index (χ4v) is 4.02. The smallest absolute Gasteiger partial charge is 0.274 e. The van der Waals surface area contributed by atoms with Crippen LogP contribution < -0.4 is 10.7 Å². The van der Waals surface area contributed by atoms with Crippen LogP contribution in [0.1, 0.15) is 50.9 Å². The van der Waals surface area contributed by atoms with Gasteiger partial charge in [-0.25, -0.2) is 8.78 Å². The number of benzene rings is 1. The van der Waals surface area contributed by atoms with E-state index in [9.17, 15) is 28.3 Å². The van der Waals surface area contributed by atoms with Gasteiger partial charge in [0.1, 0.15) is 17.6 Å². The third kappa shape index (κ3) is 3.34. The predicted molar refractivity (Wildman–Crippen MR) is 104 cm³/mol. The zero-order chi connectivity index (χ0) is 21.6. The number of aromatic nitrogens is 1. The van der Waals surface area contributed by atoms with Crippen molar-refractivity contribution in [3.05, 3.63) is 62.8 Å². The molecule has 0 aliphatic carbocycles. The summed E-state index contributed by atoms with van der Waals surface area (Å²) in [5.41, 5.74) is -0.798. The third-order valence-corrected chi connectivity index (χ3v) is 5.68. The summed E-state index contributed by atoms with van der Waals surface area (Å²) >= 11 is 0. The number of carbonyl (C=O) groups is 2. The number of hydrogen-bond acceptors (Lipinski definition) is 4. The molecule has 7 nitrogen and oxygen atoms in total. The van der Waals surface area contributed by atoms with E-state index in [0.717, 1.165) is 11.8 Å². The van der Waals surface area contributed by atoms with E-state index in [1.54, 1.807) is 13.0 Å². The van der Waals surface area contributed by atoms with Gasteiger partial charge in [0, 0.05) is 31.4 Å². The molecule has 0 unspecified atom stereocenters. The number of alkyl halides is 1.